The summed E-state index contributed by atoms with van der Waals surface area (Å²) < 4.78 is 11.3. The van der Waals surface area contributed by atoms with Gasteiger partial charge in [0.05, 0.1) is 0 Å². The lowest BCUT2D eigenvalue weighted by Crippen LogP contribution is -2.30. The lowest BCUT2D eigenvalue weighted by molar-refractivity contribution is -0.159. The topological polar surface area (TPSA) is 35.5 Å². The molecular weight excluding hydrogens is 428 g/mol. The van der Waals surface area contributed by atoms with Crippen molar-refractivity contribution in [3.8, 4) is 5.75 Å². The third kappa shape index (κ3) is 4.91. The molecule has 0 aliphatic heterocycles. The molecule has 0 atom stereocenters. The number of benzene rings is 3. The average molecular weight is 455 g/mol. The van der Waals surface area contributed by atoms with Gasteiger partial charge in [0.2, 0.25) is 0 Å². The number of halogens is 1. The third-order valence-electron chi connectivity index (χ3n) is 5.66. The van der Waals surface area contributed by atoms with Crippen LogP contribution in [0.3, 0.4) is 0 Å². The van der Waals surface area contributed by atoms with Gasteiger partial charge in [-0.15, -0.1) is 0 Å². The minimum atomic E-state index is -1.92. The Kier molecular flexibility index (Phi) is 6.59. The van der Waals surface area contributed by atoms with E-state index in [0.717, 1.165) is 40.4 Å². The standard InChI is InChI=1S/C26H27ClO3S/c1-26(18-8-9-19-26)30-25(28)20-29-21-14-16-24(17-15-21)31(27,22-10-4-2-5-11-22)23-12-6-3-7-13-23/h2-7,10-17H,8-9,18-20H2,1H3. The third-order valence-corrected chi connectivity index (χ3v) is 10.0. The number of carbonyl (C=O) groups is 1. The van der Waals surface area contributed by atoms with Crippen LogP contribution in [-0.4, -0.2) is 18.2 Å². The van der Waals surface area contributed by atoms with E-state index in [4.69, 9.17) is 20.2 Å². The van der Waals surface area contributed by atoms with Crippen LogP contribution in [0.15, 0.2) is 99.6 Å². The highest BCUT2D eigenvalue weighted by atomic mass is 35.7. The lowest BCUT2D eigenvalue weighted by Gasteiger charge is -2.34. The van der Waals surface area contributed by atoms with Gasteiger partial charge in [0.1, 0.15) is 11.4 Å². The van der Waals surface area contributed by atoms with Crippen LogP contribution in [0.2, 0.25) is 0 Å². The number of ether oxygens (including phenoxy) is 2. The minimum Gasteiger partial charge on any atom is -0.482 e. The first-order valence-electron chi connectivity index (χ1n) is 10.6. The molecule has 3 aromatic carbocycles. The summed E-state index contributed by atoms with van der Waals surface area (Å²) in [4.78, 5) is 15.4. The highest BCUT2D eigenvalue weighted by Crippen LogP contribution is 2.72. The van der Waals surface area contributed by atoms with Crippen LogP contribution >= 0.6 is 19.9 Å². The predicted octanol–water partition coefficient (Wildman–Crippen LogP) is 7.38. The van der Waals surface area contributed by atoms with Gasteiger partial charge < -0.3 is 9.47 Å². The van der Waals surface area contributed by atoms with Gasteiger partial charge >= 0.3 is 5.97 Å². The molecule has 0 unspecified atom stereocenters. The zero-order valence-corrected chi connectivity index (χ0v) is 19.2. The van der Waals surface area contributed by atoms with Crippen molar-refractivity contribution in [1.29, 1.82) is 0 Å². The van der Waals surface area contributed by atoms with Crippen molar-refractivity contribution < 1.29 is 14.3 Å². The van der Waals surface area contributed by atoms with Gasteiger partial charge in [-0.2, -0.15) is 0 Å². The second kappa shape index (κ2) is 9.37. The van der Waals surface area contributed by atoms with Crippen LogP contribution in [0.4, 0.5) is 0 Å². The summed E-state index contributed by atoms with van der Waals surface area (Å²) in [5.74, 6) is 0.302. The summed E-state index contributed by atoms with van der Waals surface area (Å²) >= 11 is 0. The molecule has 1 fully saturated rings. The number of hydrogen-bond acceptors (Lipinski definition) is 3. The van der Waals surface area contributed by atoms with Crippen LogP contribution in [-0.2, 0) is 9.53 Å². The van der Waals surface area contributed by atoms with Crippen molar-refractivity contribution in [2.75, 3.05) is 6.61 Å². The fourth-order valence-electron chi connectivity index (χ4n) is 4.02. The molecule has 1 saturated carbocycles. The van der Waals surface area contributed by atoms with Gasteiger partial charge in [-0.3, -0.25) is 0 Å². The van der Waals surface area contributed by atoms with E-state index < -0.39 is 9.24 Å². The van der Waals surface area contributed by atoms with E-state index in [-0.39, 0.29) is 18.2 Å². The maximum Gasteiger partial charge on any atom is 0.344 e. The van der Waals surface area contributed by atoms with Crippen molar-refractivity contribution >= 4 is 25.9 Å². The second-order valence-electron chi connectivity index (χ2n) is 8.05. The van der Waals surface area contributed by atoms with E-state index in [9.17, 15) is 4.79 Å². The molecule has 4 rings (SSSR count). The average Bonchev–Trinajstić information content (AvgIpc) is 3.24. The number of esters is 1. The van der Waals surface area contributed by atoms with E-state index in [0.29, 0.717) is 5.75 Å². The lowest BCUT2D eigenvalue weighted by atomic mass is 10.1. The molecule has 0 aromatic heterocycles. The predicted molar refractivity (Wildman–Crippen MR) is 126 cm³/mol. The van der Waals surface area contributed by atoms with Gasteiger partial charge in [0.25, 0.3) is 0 Å². The number of hydrogen-bond donors (Lipinski definition) is 0. The van der Waals surface area contributed by atoms with E-state index >= 15 is 0 Å². The van der Waals surface area contributed by atoms with Crippen molar-refractivity contribution in [3.05, 3.63) is 84.9 Å². The quantitative estimate of drug-likeness (QED) is 0.349. The van der Waals surface area contributed by atoms with Crippen molar-refractivity contribution in [1.82, 2.24) is 0 Å². The fourth-order valence-corrected chi connectivity index (χ4v) is 7.34. The Balaban J connectivity index is 1.51. The number of rotatable bonds is 7. The van der Waals surface area contributed by atoms with E-state index in [1.165, 1.54) is 0 Å². The summed E-state index contributed by atoms with van der Waals surface area (Å²) in [6, 6.07) is 28.0. The molecule has 0 saturated heterocycles. The molecule has 1 aliphatic carbocycles. The van der Waals surface area contributed by atoms with Crippen molar-refractivity contribution in [2.45, 2.75) is 52.9 Å². The Morgan fingerprint density at radius 1 is 0.839 bits per heavy atom. The monoisotopic (exact) mass is 454 g/mol. The van der Waals surface area contributed by atoms with Gasteiger partial charge in [0, 0.05) is 14.7 Å². The molecule has 0 radical (unpaired) electrons. The van der Waals surface area contributed by atoms with Crippen molar-refractivity contribution in [2.24, 2.45) is 0 Å². The summed E-state index contributed by atoms with van der Waals surface area (Å²) in [5, 5.41) is 0. The fraction of sp³-hybridized carbons (Fsp3) is 0.269. The molecule has 3 nitrogen and oxygen atoms in total. The van der Waals surface area contributed by atoms with E-state index in [2.05, 4.69) is 24.3 Å². The summed E-state index contributed by atoms with van der Waals surface area (Å²) in [6.07, 6.45) is 4.06. The number of carbonyl (C=O) groups excluding carboxylic acids is 1. The van der Waals surface area contributed by atoms with Crippen LogP contribution in [0.5, 0.6) is 5.75 Å². The molecular formula is C26H27ClO3S. The Bertz CT molecular complexity index is 960. The molecule has 0 spiro atoms. The molecule has 162 valence electrons. The summed E-state index contributed by atoms with van der Waals surface area (Å²) in [6.45, 7) is 1.91. The highest BCUT2D eigenvalue weighted by molar-refractivity contribution is 8.51. The Morgan fingerprint density at radius 3 is 1.84 bits per heavy atom. The Hall–Kier alpha value is -2.43. The normalized spacial score (nSPS) is 15.9. The highest BCUT2D eigenvalue weighted by Gasteiger charge is 2.32. The van der Waals surface area contributed by atoms with Crippen LogP contribution in [0.1, 0.15) is 32.6 Å². The van der Waals surface area contributed by atoms with Gasteiger partial charge in [0.15, 0.2) is 6.61 Å². The van der Waals surface area contributed by atoms with Gasteiger partial charge in [-0.25, -0.2) is 4.79 Å². The summed E-state index contributed by atoms with van der Waals surface area (Å²) in [5.41, 5.74) is -0.336. The van der Waals surface area contributed by atoms with Gasteiger partial charge in [-0.1, -0.05) is 56.3 Å². The first kappa shape index (κ1) is 21.8. The smallest absolute Gasteiger partial charge is 0.344 e. The molecule has 5 heteroatoms. The largest absolute Gasteiger partial charge is 0.482 e. The first-order chi connectivity index (χ1) is 15.0. The molecule has 0 bridgehead atoms. The Morgan fingerprint density at radius 2 is 1.32 bits per heavy atom. The molecule has 0 amide bonds. The van der Waals surface area contributed by atoms with Crippen LogP contribution < -0.4 is 4.74 Å². The van der Waals surface area contributed by atoms with Crippen molar-refractivity contribution in [3.63, 3.8) is 0 Å². The SMILES string of the molecule is CC1(OC(=O)COc2ccc(S(Cl)(c3ccccc3)c3ccccc3)cc2)CCCC1. The maximum absolute atomic E-state index is 12.2. The zero-order chi connectivity index (χ0) is 21.7. The molecule has 31 heavy (non-hydrogen) atoms. The Labute approximate surface area is 190 Å². The van der Waals surface area contributed by atoms with E-state index in [1.807, 2.05) is 67.6 Å². The van der Waals surface area contributed by atoms with Crippen LogP contribution in [0.25, 0.3) is 0 Å². The van der Waals surface area contributed by atoms with Gasteiger partial charge in [-0.05, 0) is 81.1 Å². The first-order valence-corrected chi connectivity index (χ1v) is 13.0. The van der Waals surface area contributed by atoms with Crippen LogP contribution in [0, 0.1) is 0 Å². The maximum atomic E-state index is 12.2. The molecule has 0 N–H and O–H groups in total. The molecule has 3 aromatic rings. The summed E-state index contributed by atoms with van der Waals surface area (Å²) in [7, 11) is 5.45. The minimum absolute atomic E-state index is 0.0921. The second-order valence-corrected chi connectivity index (χ2v) is 11.9. The molecule has 1 aliphatic rings. The zero-order valence-electron chi connectivity index (χ0n) is 17.6. The van der Waals surface area contributed by atoms with E-state index in [1.54, 1.807) is 0 Å². The molecule has 0 heterocycles.